The maximum Gasteiger partial charge on any atom is 0.0745 e. The summed E-state index contributed by atoms with van der Waals surface area (Å²) in [6, 6.07) is 0.384. The van der Waals surface area contributed by atoms with E-state index in [-0.39, 0.29) is 0 Å². The number of hydrogen-bond donors (Lipinski definition) is 2. The van der Waals surface area contributed by atoms with Gasteiger partial charge in [0, 0.05) is 6.61 Å². The fourth-order valence-electron chi connectivity index (χ4n) is 3.24. The van der Waals surface area contributed by atoms with E-state index in [9.17, 15) is 0 Å². The average molecular weight is 212 g/mol. The van der Waals surface area contributed by atoms with Crippen LogP contribution >= 0.6 is 0 Å². The van der Waals surface area contributed by atoms with Crippen molar-refractivity contribution in [2.24, 2.45) is 17.7 Å². The van der Waals surface area contributed by atoms with E-state index in [0.29, 0.717) is 12.1 Å². The molecule has 0 aromatic heterocycles. The molecular formula is C12H24N2O. The second kappa shape index (κ2) is 5.28. The van der Waals surface area contributed by atoms with Crippen LogP contribution in [0.15, 0.2) is 0 Å². The van der Waals surface area contributed by atoms with E-state index in [2.05, 4.69) is 12.3 Å². The molecule has 88 valence electrons. The van der Waals surface area contributed by atoms with Gasteiger partial charge in [0.15, 0.2) is 0 Å². The molecule has 2 fully saturated rings. The molecule has 2 aliphatic rings. The molecule has 4 unspecified atom stereocenters. The van der Waals surface area contributed by atoms with Crippen LogP contribution in [0.3, 0.4) is 0 Å². The molecule has 3 nitrogen and oxygen atoms in total. The van der Waals surface area contributed by atoms with Gasteiger partial charge in [-0.1, -0.05) is 19.8 Å². The third-order valence-electron chi connectivity index (χ3n) is 4.04. The van der Waals surface area contributed by atoms with Crippen molar-refractivity contribution in [3.05, 3.63) is 0 Å². The van der Waals surface area contributed by atoms with Crippen LogP contribution in [0.2, 0.25) is 0 Å². The summed E-state index contributed by atoms with van der Waals surface area (Å²) >= 11 is 0. The highest BCUT2D eigenvalue weighted by molar-refractivity contribution is 4.87. The summed E-state index contributed by atoms with van der Waals surface area (Å²) < 4.78 is 5.75. The first-order valence-corrected chi connectivity index (χ1v) is 6.39. The van der Waals surface area contributed by atoms with Gasteiger partial charge in [-0.25, -0.2) is 0 Å². The predicted octanol–water partition coefficient (Wildman–Crippen LogP) is 1.82. The first kappa shape index (κ1) is 11.4. The van der Waals surface area contributed by atoms with E-state index in [1.165, 1.54) is 38.5 Å². The Kier molecular flexibility index (Phi) is 4.00. The third-order valence-corrected chi connectivity index (χ3v) is 4.04. The lowest BCUT2D eigenvalue weighted by Crippen LogP contribution is -2.49. The molecule has 1 aliphatic heterocycles. The van der Waals surface area contributed by atoms with Crippen LogP contribution in [0.25, 0.3) is 0 Å². The van der Waals surface area contributed by atoms with Crippen LogP contribution in [0, 0.1) is 11.8 Å². The van der Waals surface area contributed by atoms with Crippen molar-refractivity contribution in [1.82, 2.24) is 5.43 Å². The van der Waals surface area contributed by atoms with E-state index in [4.69, 9.17) is 10.6 Å². The summed E-state index contributed by atoms with van der Waals surface area (Å²) in [5.41, 5.74) is 3.01. The quantitative estimate of drug-likeness (QED) is 0.554. The topological polar surface area (TPSA) is 47.3 Å². The van der Waals surface area contributed by atoms with Crippen molar-refractivity contribution in [3.8, 4) is 0 Å². The first-order valence-electron chi connectivity index (χ1n) is 6.39. The van der Waals surface area contributed by atoms with Crippen LogP contribution in [0.5, 0.6) is 0 Å². The third kappa shape index (κ3) is 2.71. The Hall–Kier alpha value is -0.120. The SMILES string of the molecule is CC1CCCC(C(NN)C2CCCO2)C1. The predicted molar refractivity (Wildman–Crippen MR) is 61.2 cm³/mol. The Morgan fingerprint density at radius 2 is 2.13 bits per heavy atom. The van der Waals surface area contributed by atoms with Gasteiger partial charge in [-0.2, -0.15) is 0 Å². The number of nitrogens with one attached hydrogen (secondary N) is 1. The molecule has 0 spiro atoms. The van der Waals surface area contributed by atoms with E-state index < -0.39 is 0 Å². The summed E-state index contributed by atoms with van der Waals surface area (Å²) in [6.45, 7) is 3.28. The summed E-state index contributed by atoms with van der Waals surface area (Å²) in [5.74, 6) is 7.28. The molecule has 1 saturated heterocycles. The van der Waals surface area contributed by atoms with E-state index in [0.717, 1.165) is 18.4 Å². The second-order valence-corrected chi connectivity index (χ2v) is 5.28. The fraction of sp³-hybridized carbons (Fsp3) is 1.00. The second-order valence-electron chi connectivity index (χ2n) is 5.28. The zero-order valence-corrected chi connectivity index (χ0v) is 9.74. The molecule has 0 aromatic rings. The largest absolute Gasteiger partial charge is 0.377 e. The zero-order valence-electron chi connectivity index (χ0n) is 9.74. The Morgan fingerprint density at radius 1 is 1.27 bits per heavy atom. The van der Waals surface area contributed by atoms with Crippen molar-refractivity contribution in [2.75, 3.05) is 6.61 Å². The van der Waals surface area contributed by atoms with Gasteiger partial charge in [-0.15, -0.1) is 0 Å². The Labute approximate surface area is 92.7 Å². The fourth-order valence-corrected chi connectivity index (χ4v) is 3.24. The van der Waals surface area contributed by atoms with Crippen LogP contribution in [0.1, 0.15) is 45.4 Å². The normalized spacial score (nSPS) is 39.2. The Bertz CT molecular complexity index is 192. The number of hydrogen-bond acceptors (Lipinski definition) is 3. The van der Waals surface area contributed by atoms with Crippen molar-refractivity contribution in [3.63, 3.8) is 0 Å². The minimum atomic E-state index is 0.366. The highest BCUT2D eigenvalue weighted by Gasteiger charge is 2.33. The minimum absolute atomic E-state index is 0.366. The van der Waals surface area contributed by atoms with Crippen molar-refractivity contribution < 1.29 is 4.74 Å². The average Bonchev–Trinajstić information content (AvgIpc) is 2.72. The molecule has 1 aliphatic carbocycles. The van der Waals surface area contributed by atoms with Crippen LogP contribution in [0.4, 0.5) is 0 Å². The minimum Gasteiger partial charge on any atom is -0.377 e. The molecule has 0 bridgehead atoms. The van der Waals surface area contributed by atoms with Crippen LogP contribution in [-0.2, 0) is 4.74 Å². The number of ether oxygens (including phenoxy) is 1. The lowest BCUT2D eigenvalue weighted by Gasteiger charge is -2.35. The standard InChI is InChI=1S/C12H24N2O/c1-9-4-2-5-10(8-9)12(14-13)11-6-3-7-15-11/h9-12,14H,2-8,13H2,1H3. The molecule has 15 heavy (non-hydrogen) atoms. The number of nitrogens with two attached hydrogens (primary N) is 1. The van der Waals surface area contributed by atoms with Crippen LogP contribution < -0.4 is 11.3 Å². The van der Waals surface area contributed by atoms with Crippen LogP contribution in [-0.4, -0.2) is 18.8 Å². The summed E-state index contributed by atoms with van der Waals surface area (Å²) in [5, 5.41) is 0. The lowest BCUT2D eigenvalue weighted by atomic mass is 9.77. The van der Waals surface area contributed by atoms with Gasteiger partial charge in [-0.05, 0) is 37.5 Å². The van der Waals surface area contributed by atoms with Gasteiger partial charge in [0.05, 0.1) is 12.1 Å². The smallest absolute Gasteiger partial charge is 0.0745 e. The van der Waals surface area contributed by atoms with Gasteiger partial charge in [-0.3, -0.25) is 11.3 Å². The van der Waals surface area contributed by atoms with Gasteiger partial charge >= 0.3 is 0 Å². The molecule has 0 aromatic carbocycles. The maximum absolute atomic E-state index is 5.75. The van der Waals surface area contributed by atoms with E-state index in [1.54, 1.807) is 0 Å². The van der Waals surface area contributed by atoms with Gasteiger partial charge in [0.2, 0.25) is 0 Å². The Balaban J connectivity index is 1.92. The molecule has 1 saturated carbocycles. The van der Waals surface area contributed by atoms with Gasteiger partial charge in [0.25, 0.3) is 0 Å². The highest BCUT2D eigenvalue weighted by Crippen LogP contribution is 2.33. The van der Waals surface area contributed by atoms with Crippen molar-refractivity contribution in [1.29, 1.82) is 0 Å². The van der Waals surface area contributed by atoms with Crippen molar-refractivity contribution >= 4 is 0 Å². The molecule has 3 heteroatoms. The lowest BCUT2D eigenvalue weighted by molar-refractivity contribution is 0.0446. The summed E-state index contributed by atoms with van der Waals surface area (Å²) in [4.78, 5) is 0. The summed E-state index contributed by atoms with van der Waals surface area (Å²) in [7, 11) is 0. The van der Waals surface area contributed by atoms with Gasteiger partial charge in [0.1, 0.15) is 0 Å². The molecule has 0 radical (unpaired) electrons. The molecular weight excluding hydrogens is 188 g/mol. The molecule has 1 heterocycles. The number of rotatable bonds is 3. The Morgan fingerprint density at radius 3 is 2.73 bits per heavy atom. The van der Waals surface area contributed by atoms with Crippen molar-refractivity contribution in [2.45, 2.75) is 57.6 Å². The number of hydrazine groups is 1. The monoisotopic (exact) mass is 212 g/mol. The first-order chi connectivity index (χ1) is 7.31. The molecule has 0 amide bonds. The molecule has 4 atom stereocenters. The maximum atomic E-state index is 5.75. The molecule has 3 N–H and O–H groups in total. The van der Waals surface area contributed by atoms with E-state index >= 15 is 0 Å². The molecule has 2 rings (SSSR count). The zero-order chi connectivity index (χ0) is 10.7. The highest BCUT2D eigenvalue weighted by atomic mass is 16.5. The van der Waals surface area contributed by atoms with E-state index in [1.807, 2.05) is 0 Å². The van der Waals surface area contributed by atoms with Gasteiger partial charge < -0.3 is 4.74 Å². The summed E-state index contributed by atoms with van der Waals surface area (Å²) in [6.07, 6.45) is 8.12.